The number of fused-ring (bicyclic) bond motifs is 2. The molecular weight excluding hydrogens is 242 g/mol. The van der Waals surface area contributed by atoms with Gasteiger partial charge >= 0.3 is 0 Å². The van der Waals surface area contributed by atoms with Gasteiger partial charge in [-0.25, -0.2) is 0 Å². The van der Waals surface area contributed by atoms with Crippen LogP contribution in [0.3, 0.4) is 0 Å². The molecule has 0 heterocycles. The van der Waals surface area contributed by atoms with E-state index in [9.17, 15) is 0 Å². The van der Waals surface area contributed by atoms with Crippen molar-refractivity contribution in [3.8, 4) is 0 Å². The molecule has 20 heavy (non-hydrogen) atoms. The molecule has 3 aromatic rings. The minimum Gasteiger partial charge on any atom is -0.323 e. The van der Waals surface area contributed by atoms with E-state index in [0.29, 0.717) is 0 Å². The molecule has 0 unspecified atom stereocenters. The molecule has 102 valence electrons. The quantitative estimate of drug-likeness (QED) is 0.612. The van der Waals surface area contributed by atoms with Crippen LogP contribution in [0.1, 0.15) is 32.4 Å². The van der Waals surface area contributed by atoms with Gasteiger partial charge in [0.1, 0.15) is 0 Å². The van der Waals surface area contributed by atoms with E-state index in [1.54, 1.807) is 0 Å². The first-order chi connectivity index (χ1) is 9.48. The first kappa shape index (κ1) is 13.1. The highest BCUT2D eigenvalue weighted by Gasteiger charge is 2.25. The van der Waals surface area contributed by atoms with Crippen LogP contribution in [-0.2, 0) is 0 Å². The van der Waals surface area contributed by atoms with Crippen molar-refractivity contribution in [3.05, 3.63) is 60.2 Å². The van der Waals surface area contributed by atoms with Crippen molar-refractivity contribution in [2.75, 3.05) is 0 Å². The summed E-state index contributed by atoms with van der Waals surface area (Å²) in [5.41, 5.74) is 7.91. The Morgan fingerprint density at radius 3 is 1.70 bits per heavy atom. The highest BCUT2D eigenvalue weighted by Crippen LogP contribution is 2.39. The van der Waals surface area contributed by atoms with Crippen LogP contribution in [0.2, 0.25) is 0 Å². The molecule has 0 aromatic heterocycles. The minimum absolute atomic E-state index is 0.0125. The van der Waals surface area contributed by atoms with E-state index in [1.165, 1.54) is 27.1 Å². The van der Waals surface area contributed by atoms with Crippen molar-refractivity contribution < 1.29 is 0 Å². The number of hydrogen-bond donors (Lipinski definition) is 1. The lowest BCUT2D eigenvalue weighted by Gasteiger charge is -2.29. The van der Waals surface area contributed by atoms with Gasteiger partial charge in [0, 0.05) is 6.04 Å². The fourth-order valence-electron chi connectivity index (χ4n) is 2.82. The van der Waals surface area contributed by atoms with Gasteiger partial charge in [-0.1, -0.05) is 69.3 Å². The standard InChI is InChI=1S/C19H21N/c1-19(2,3)18(20)17-15-10-6-4-8-13(15)12-14-9-5-7-11-16(14)17/h4-12,18H,20H2,1-3H3/t18-/m1/s1. The van der Waals surface area contributed by atoms with Crippen molar-refractivity contribution in [1.29, 1.82) is 0 Å². The summed E-state index contributed by atoms with van der Waals surface area (Å²) in [5.74, 6) is 0. The van der Waals surface area contributed by atoms with Crippen LogP contribution < -0.4 is 5.73 Å². The van der Waals surface area contributed by atoms with E-state index >= 15 is 0 Å². The SMILES string of the molecule is CC(C)(C)[C@H](N)c1c2ccccc2cc2ccccc12. The third-order valence-corrected chi connectivity index (χ3v) is 4.06. The summed E-state index contributed by atoms with van der Waals surface area (Å²) in [6, 6.07) is 19.3. The second-order valence-corrected chi connectivity index (χ2v) is 6.58. The Kier molecular flexibility index (Phi) is 3.02. The van der Waals surface area contributed by atoms with Gasteiger partial charge in [0.05, 0.1) is 0 Å². The second kappa shape index (κ2) is 4.60. The van der Waals surface area contributed by atoms with Crippen molar-refractivity contribution in [2.45, 2.75) is 26.8 Å². The molecule has 0 aliphatic carbocycles. The molecule has 0 amide bonds. The van der Waals surface area contributed by atoms with Crippen LogP contribution >= 0.6 is 0 Å². The Balaban J connectivity index is 2.45. The van der Waals surface area contributed by atoms with E-state index in [1.807, 2.05) is 0 Å². The van der Waals surface area contributed by atoms with E-state index in [0.717, 1.165) is 0 Å². The monoisotopic (exact) mass is 263 g/mol. The summed E-state index contributed by atoms with van der Waals surface area (Å²) in [6.07, 6.45) is 0. The summed E-state index contributed by atoms with van der Waals surface area (Å²) in [7, 11) is 0. The lowest BCUT2D eigenvalue weighted by Crippen LogP contribution is -2.26. The summed E-state index contributed by atoms with van der Waals surface area (Å²) >= 11 is 0. The van der Waals surface area contributed by atoms with Crippen molar-refractivity contribution >= 4 is 21.5 Å². The van der Waals surface area contributed by atoms with Crippen LogP contribution in [0, 0.1) is 5.41 Å². The molecule has 0 spiro atoms. The molecule has 0 bridgehead atoms. The zero-order valence-corrected chi connectivity index (χ0v) is 12.4. The molecule has 3 rings (SSSR count). The number of benzene rings is 3. The molecule has 0 aliphatic rings. The predicted octanol–water partition coefficient (Wildman–Crippen LogP) is 5.04. The maximum Gasteiger partial charge on any atom is 0.0356 e. The molecule has 3 aromatic carbocycles. The molecule has 1 heteroatoms. The Morgan fingerprint density at radius 2 is 1.25 bits per heavy atom. The van der Waals surface area contributed by atoms with Gasteiger partial charge in [0.25, 0.3) is 0 Å². The Morgan fingerprint density at radius 1 is 0.800 bits per heavy atom. The van der Waals surface area contributed by atoms with E-state index < -0.39 is 0 Å². The first-order valence-electron chi connectivity index (χ1n) is 7.14. The van der Waals surface area contributed by atoms with E-state index in [-0.39, 0.29) is 11.5 Å². The summed E-state index contributed by atoms with van der Waals surface area (Å²) in [4.78, 5) is 0. The van der Waals surface area contributed by atoms with Gasteiger partial charge in [-0.05, 0) is 38.6 Å². The fourth-order valence-corrected chi connectivity index (χ4v) is 2.82. The minimum atomic E-state index is 0.0125. The lowest BCUT2D eigenvalue weighted by atomic mass is 9.79. The highest BCUT2D eigenvalue weighted by atomic mass is 14.7. The van der Waals surface area contributed by atoms with Gasteiger partial charge in [-0.3, -0.25) is 0 Å². The molecule has 0 fully saturated rings. The van der Waals surface area contributed by atoms with Gasteiger partial charge in [0.15, 0.2) is 0 Å². The van der Waals surface area contributed by atoms with Gasteiger partial charge < -0.3 is 5.73 Å². The molecule has 0 radical (unpaired) electrons. The zero-order chi connectivity index (χ0) is 14.3. The number of rotatable bonds is 1. The molecule has 0 aliphatic heterocycles. The number of hydrogen-bond acceptors (Lipinski definition) is 1. The summed E-state index contributed by atoms with van der Waals surface area (Å²) < 4.78 is 0. The normalized spacial score (nSPS) is 13.8. The summed E-state index contributed by atoms with van der Waals surface area (Å²) in [6.45, 7) is 6.61. The molecule has 0 saturated carbocycles. The predicted molar refractivity (Wildman–Crippen MR) is 87.8 cm³/mol. The average Bonchev–Trinajstić information content (AvgIpc) is 2.43. The van der Waals surface area contributed by atoms with Gasteiger partial charge in [-0.2, -0.15) is 0 Å². The maximum absolute atomic E-state index is 6.60. The van der Waals surface area contributed by atoms with Crippen molar-refractivity contribution in [2.24, 2.45) is 11.1 Å². The second-order valence-electron chi connectivity index (χ2n) is 6.58. The third-order valence-electron chi connectivity index (χ3n) is 4.06. The maximum atomic E-state index is 6.60. The van der Waals surface area contributed by atoms with Crippen LogP contribution in [0.5, 0.6) is 0 Å². The van der Waals surface area contributed by atoms with Crippen LogP contribution in [-0.4, -0.2) is 0 Å². The van der Waals surface area contributed by atoms with Crippen LogP contribution in [0.15, 0.2) is 54.6 Å². The number of nitrogens with two attached hydrogens (primary N) is 1. The smallest absolute Gasteiger partial charge is 0.0356 e. The molecule has 1 atom stereocenters. The van der Waals surface area contributed by atoms with Gasteiger partial charge in [0.2, 0.25) is 0 Å². The largest absolute Gasteiger partial charge is 0.323 e. The first-order valence-corrected chi connectivity index (χ1v) is 7.14. The lowest BCUT2D eigenvalue weighted by molar-refractivity contribution is 0.330. The molecule has 0 saturated heterocycles. The average molecular weight is 263 g/mol. The Hall–Kier alpha value is -1.86. The fraction of sp³-hybridized carbons (Fsp3) is 0.263. The molecule has 1 nitrogen and oxygen atoms in total. The molecular formula is C19H21N. The van der Waals surface area contributed by atoms with Crippen LogP contribution in [0.4, 0.5) is 0 Å². The highest BCUT2D eigenvalue weighted by molar-refractivity contribution is 6.02. The zero-order valence-electron chi connectivity index (χ0n) is 12.4. The van der Waals surface area contributed by atoms with Crippen LogP contribution in [0.25, 0.3) is 21.5 Å². The van der Waals surface area contributed by atoms with E-state index in [2.05, 4.69) is 75.4 Å². The van der Waals surface area contributed by atoms with Gasteiger partial charge in [-0.15, -0.1) is 0 Å². The van der Waals surface area contributed by atoms with Crippen molar-refractivity contribution in [1.82, 2.24) is 0 Å². The Bertz CT molecular complexity index is 711. The third kappa shape index (κ3) is 2.08. The summed E-state index contributed by atoms with van der Waals surface area (Å²) in [5, 5.41) is 5.07. The Labute approximate surface area is 120 Å². The molecule has 2 N–H and O–H groups in total. The topological polar surface area (TPSA) is 26.0 Å². The van der Waals surface area contributed by atoms with E-state index in [4.69, 9.17) is 5.73 Å². The van der Waals surface area contributed by atoms with Crippen molar-refractivity contribution in [3.63, 3.8) is 0 Å².